The van der Waals surface area contributed by atoms with E-state index in [1.807, 2.05) is 32.9 Å². The number of aryl methyl sites for hydroxylation is 3. The summed E-state index contributed by atoms with van der Waals surface area (Å²) in [5.74, 6) is 1.30. The van der Waals surface area contributed by atoms with Gasteiger partial charge in [-0.25, -0.2) is 0 Å². The molecule has 2 aromatic rings. The summed E-state index contributed by atoms with van der Waals surface area (Å²) in [6, 6.07) is 4.10. The fraction of sp³-hybridized carbons (Fsp3) is 0.333. The number of rotatable bonds is 5. The van der Waals surface area contributed by atoms with E-state index in [9.17, 15) is 4.79 Å². The van der Waals surface area contributed by atoms with Gasteiger partial charge in [0.2, 0.25) is 17.8 Å². The standard InChI is InChI=1S/C15H20N6OS/c1-8-4-9(2)13(10(3)5-8)20-12(22)7-23-6-11-18-14(16)21-15(17)19-11/h4-5H,6-7H2,1-3H3,(H,20,22)(H4,16,17,18,19,21). The van der Waals surface area contributed by atoms with E-state index in [1.165, 1.54) is 17.3 Å². The van der Waals surface area contributed by atoms with E-state index in [2.05, 4.69) is 20.3 Å². The van der Waals surface area contributed by atoms with Crippen LogP contribution in [0, 0.1) is 20.8 Å². The third-order valence-electron chi connectivity index (χ3n) is 3.12. The van der Waals surface area contributed by atoms with Gasteiger partial charge in [0, 0.05) is 5.69 Å². The molecule has 0 aliphatic carbocycles. The van der Waals surface area contributed by atoms with Crippen LogP contribution in [0.4, 0.5) is 17.6 Å². The van der Waals surface area contributed by atoms with Crippen molar-refractivity contribution < 1.29 is 4.79 Å². The SMILES string of the molecule is Cc1cc(C)c(NC(=O)CSCc2nc(N)nc(N)n2)c(C)c1. The highest BCUT2D eigenvalue weighted by Crippen LogP contribution is 2.22. The maximum atomic E-state index is 12.1. The van der Waals surface area contributed by atoms with Gasteiger partial charge >= 0.3 is 0 Å². The maximum Gasteiger partial charge on any atom is 0.234 e. The normalized spacial score (nSPS) is 10.6. The minimum atomic E-state index is -0.0694. The van der Waals surface area contributed by atoms with E-state index in [0.29, 0.717) is 11.6 Å². The minimum absolute atomic E-state index is 0.0694. The highest BCUT2D eigenvalue weighted by molar-refractivity contribution is 7.99. The molecule has 7 nitrogen and oxygen atoms in total. The molecule has 0 aliphatic rings. The van der Waals surface area contributed by atoms with Crippen LogP contribution in [0.1, 0.15) is 22.5 Å². The fourth-order valence-corrected chi connectivity index (χ4v) is 2.98. The first-order valence-electron chi connectivity index (χ1n) is 7.06. The number of carbonyl (C=O) groups excluding carboxylic acids is 1. The molecule has 8 heteroatoms. The van der Waals surface area contributed by atoms with Gasteiger partial charge in [-0.1, -0.05) is 17.7 Å². The van der Waals surface area contributed by atoms with Crippen LogP contribution < -0.4 is 16.8 Å². The minimum Gasteiger partial charge on any atom is -0.368 e. The van der Waals surface area contributed by atoms with Crippen LogP contribution in [-0.2, 0) is 10.5 Å². The van der Waals surface area contributed by atoms with Crippen LogP contribution in [0.25, 0.3) is 0 Å². The number of aromatic nitrogens is 3. The molecule has 0 unspecified atom stereocenters. The molecule has 0 saturated carbocycles. The largest absolute Gasteiger partial charge is 0.368 e. The number of thioether (sulfide) groups is 1. The Morgan fingerprint density at radius 2 is 1.65 bits per heavy atom. The van der Waals surface area contributed by atoms with Gasteiger partial charge in [0.1, 0.15) is 5.82 Å². The number of anilines is 3. The molecule has 5 N–H and O–H groups in total. The van der Waals surface area contributed by atoms with Gasteiger partial charge in [-0.05, 0) is 31.9 Å². The molecular formula is C15H20N6OS. The third-order valence-corrected chi connectivity index (χ3v) is 4.05. The van der Waals surface area contributed by atoms with Crippen LogP contribution >= 0.6 is 11.8 Å². The lowest BCUT2D eigenvalue weighted by Crippen LogP contribution is -2.16. The molecular weight excluding hydrogens is 312 g/mol. The first-order chi connectivity index (χ1) is 10.8. The summed E-state index contributed by atoms with van der Waals surface area (Å²) in [4.78, 5) is 23.7. The van der Waals surface area contributed by atoms with Gasteiger partial charge < -0.3 is 16.8 Å². The molecule has 0 aliphatic heterocycles. The molecule has 2 rings (SSSR count). The predicted molar refractivity (Wildman–Crippen MR) is 94.1 cm³/mol. The smallest absolute Gasteiger partial charge is 0.234 e. The van der Waals surface area contributed by atoms with Crippen molar-refractivity contribution in [3.8, 4) is 0 Å². The lowest BCUT2D eigenvalue weighted by atomic mass is 10.1. The number of hydrogen-bond acceptors (Lipinski definition) is 7. The summed E-state index contributed by atoms with van der Waals surface area (Å²) < 4.78 is 0. The van der Waals surface area contributed by atoms with E-state index >= 15 is 0 Å². The van der Waals surface area contributed by atoms with E-state index < -0.39 is 0 Å². The lowest BCUT2D eigenvalue weighted by Gasteiger charge is -2.12. The summed E-state index contributed by atoms with van der Waals surface area (Å²) in [5, 5.41) is 2.95. The van der Waals surface area contributed by atoms with Crippen molar-refractivity contribution >= 4 is 35.3 Å². The first-order valence-corrected chi connectivity index (χ1v) is 8.22. The second-order valence-electron chi connectivity index (χ2n) is 5.28. The van der Waals surface area contributed by atoms with Crippen molar-refractivity contribution in [1.82, 2.24) is 15.0 Å². The predicted octanol–water partition coefficient (Wildman–Crippen LogP) is 1.83. The number of nitrogens with one attached hydrogen (secondary N) is 1. The Labute approximate surface area is 139 Å². The zero-order valence-electron chi connectivity index (χ0n) is 13.4. The number of nitrogens with two attached hydrogens (primary N) is 2. The molecule has 1 heterocycles. The average Bonchev–Trinajstić information content (AvgIpc) is 2.41. The van der Waals surface area contributed by atoms with E-state index in [0.717, 1.165) is 16.8 Å². The Morgan fingerprint density at radius 3 is 2.22 bits per heavy atom. The van der Waals surface area contributed by atoms with Gasteiger partial charge in [-0.15, -0.1) is 11.8 Å². The highest BCUT2D eigenvalue weighted by Gasteiger charge is 2.09. The first kappa shape index (κ1) is 17.0. The Hall–Kier alpha value is -2.35. The molecule has 0 fully saturated rings. The van der Waals surface area contributed by atoms with E-state index in [4.69, 9.17) is 11.5 Å². The number of benzene rings is 1. The average molecular weight is 332 g/mol. The number of hydrogen-bond donors (Lipinski definition) is 3. The summed E-state index contributed by atoms with van der Waals surface area (Å²) in [7, 11) is 0. The summed E-state index contributed by atoms with van der Waals surface area (Å²) in [6.07, 6.45) is 0. The third kappa shape index (κ3) is 4.82. The van der Waals surface area contributed by atoms with Crippen LogP contribution in [0.15, 0.2) is 12.1 Å². The van der Waals surface area contributed by atoms with Gasteiger partial charge in [-0.2, -0.15) is 15.0 Å². The molecule has 1 aromatic carbocycles. The Balaban J connectivity index is 1.91. The van der Waals surface area contributed by atoms with Crippen molar-refractivity contribution in [2.75, 3.05) is 22.5 Å². The van der Waals surface area contributed by atoms with Crippen LogP contribution in [0.3, 0.4) is 0 Å². The Bertz CT molecular complexity index is 691. The molecule has 0 saturated heterocycles. The molecule has 0 bridgehead atoms. The second-order valence-corrected chi connectivity index (χ2v) is 6.27. The lowest BCUT2D eigenvalue weighted by molar-refractivity contribution is -0.113. The second kappa shape index (κ2) is 7.28. The maximum absolute atomic E-state index is 12.1. The molecule has 0 atom stereocenters. The van der Waals surface area contributed by atoms with Crippen molar-refractivity contribution in [2.24, 2.45) is 0 Å². The number of amides is 1. The fourth-order valence-electron chi connectivity index (χ4n) is 2.31. The monoisotopic (exact) mass is 332 g/mol. The van der Waals surface area contributed by atoms with Gasteiger partial charge in [-0.3, -0.25) is 4.79 Å². The molecule has 122 valence electrons. The number of nitrogen functional groups attached to an aromatic ring is 2. The molecule has 0 radical (unpaired) electrons. The zero-order valence-corrected chi connectivity index (χ0v) is 14.2. The molecule has 0 spiro atoms. The molecule has 1 aromatic heterocycles. The van der Waals surface area contributed by atoms with Crippen molar-refractivity contribution in [1.29, 1.82) is 0 Å². The van der Waals surface area contributed by atoms with Crippen LogP contribution in [0.5, 0.6) is 0 Å². The molecule has 1 amide bonds. The Morgan fingerprint density at radius 1 is 1.09 bits per heavy atom. The summed E-state index contributed by atoms with van der Waals surface area (Å²) >= 11 is 1.39. The van der Waals surface area contributed by atoms with Crippen molar-refractivity contribution in [3.05, 3.63) is 34.6 Å². The number of carbonyl (C=O) groups is 1. The highest BCUT2D eigenvalue weighted by atomic mass is 32.2. The van der Waals surface area contributed by atoms with E-state index in [1.54, 1.807) is 0 Å². The van der Waals surface area contributed by atoms with Crippen molar-refractivity contribution in [3.63, 3.8) is 0 Å². The van der Waals surface area contributed by atoms with Crippen LogP contribution in [0.2, 0.25) is 0 Å². The molecule has 23 heavy (non-hydrogen) atoms. The zero-order chi connectivity index (χ0) is 17.0. The topological polar surface area (TPSA) is 120 Å². The van der Waals surface area contributed by atoms with Gasteiger partial charge in [0.05, 0.1) is 11.5 Å². The number of nitrogens with zero attached hydrogens (tertiary/aromatic N) is 3. The van der Waals surface area contributed by atoms with Crippen molar-refractivity contribution in [2.45, 2.75) is 26.5 Å². The van der Waals surface area contributed by atoms with Gasteiger partial charge in [0.15, 0.2) is 0 Å². The van der Waals surface area contributed by atoms with E-state index in [-0.39, 0.29) is 23.6 Å². The van der Waals surface area contributed by atoms with Gasteiger partial charge in [0.25, 0.3) is 0 Å². The quantitative estimate of drug-likeness (QED) is 0.764. The summed E-state index contributed by atoms with van der Waals surface area (Å²) in [6.45, 7) is 6.01. The summed E-state index contributed by atoms with van der Waals surface area (Å²) in [5.41, 5.74) is 15.2. The van der Waals surface area contributed by atoms with Crippen LogP contribution in [-0.4, -0.2) is 26.6 Å². The Kier molecular flexibility index (Phi) is 5.38.